The van der Waals surface area contributed by atoms with E-state index in [2.05, 4.69) is 31.1 Å². The SMILES string of the molecule is COc1cc(C2/C(=C(\O)c3c(C)nc4ccccn34)C(=O)C(=O)N2c2nnc(SCc3ccccc3)s2)cc(Br)c1O. The van der Waals surface area contributed by atoms with Crippen LogP contribution in [0.1, 0.15) is 28.6 Å². The fraction of sp³-hybridized carbons (Fsp3) is 0.138. The second-order valence-electron chi connectivity index (χ2n) is 9.32. The van der Waals surface area contributed by atoms with Crippen LogP contribution < -0.4 is 9.64 Å². The minimum absolute atomic E-state index is 0.118. The van der Waals surface area contributed by atoms with E-state index in [4.69, 9.17) is 4.74 Å². The van der Waals surface area contributed by atoms with Crippen molar-refractivity contribution in [3.8, 4) is 11.5 Å². The molecule has 1 aliphatic rings. The Kier molecular flexibility index (Phi) is 7.47. The number of ether oxygens (including phenoxy) is 1. The molecule has 3 aromatic heterocycles. The number of benzene rings is 2. The first-order chi connectivity index (χ1) is 20.3. The Morgan fingerprint density at radius 2 is 1.88 bits per heavy atom. The van der Waals surface area contributed by atoms with Crippen LogP contribution in [0.3, 0.4) is 0 Å². The van der Waals surface area contributed by atoms with Crippen molar-refractivity contribution in [3.63, 3.8) is 0 Å². The van der Waals surface area contributed by atoms with E-state index in [0.717, 1.165) is 5.56 Å². The van der Waals surface area contributed by atoms with Crippen LogP contribution in [-0.4, -0.2) is 48.6 Å². The van der Waals surface area contributed by atoms with E-state index >= 15 is 0 Å². The topological polar surface area (TPSA) is 130 Å². The molecule has 6 rings (SSSR count). The third-order valence-corrected chi connectivity index (χ3v) is 9.50. The number of Topliss-reactive ketones (excluding diaryl/α,β-unsaturated/α-hetero) is 1. The highest BCUT2D eigenvalue weighted by atomic mass is 79.9. The summed E-state index contributed by atoms with van der Waals surface area (Å²) < 4.78 is 7.90. The van der Waals surface area contributed by atoms with Gasteiger partial charge in [-0.1, -0.05) is 59.5 Å². The predicted molar refractivity (Wildman–Crippen MR) is 163 cm³/mol. The van der Waals surface area contributed by atoms with Crippen molar-refractivity contribution >= 4 is 67.3 Å². The molecule has 5 aromatic rings. The average Bonchev–Trinajstić information content (AvgIpc) is 3.67. The van der Waals surface area contributed by atoms with Crippen molar-refractivity contribution in [2.45, 2.75) is 23.1 Å². The number of halogens is 1. The number of phenols is 1. The number of hydrogen-bond donors (Lipinski definition) is 2. The highest BCUT2D eigenvalue weighted by molar-refractivity contribution is 9.10. The number of hydrogen-bond acceptors (Lipinski definition) is 10. The van der Waals surface area contributed by atoms with Gasteiger partial charge in [0.05, 0.1) is 28.9 Å². The second kappa shape index (κ2) is 11.2. The number of methoxy groups -OCH3 is 1. The zero-order valence-electron chi connectivity index (χ0n) is 22.2. The van der Waals surface area contributed by atoms with Gasteiger partial charge in [-0.3, -0.25) is 18.9 Å². The number of nitrogens with zero attached hydrogens (tertiary/aromatic N) is 5. The van der Waals surface area contributed by atoms with Gasteiger partial charge in [-0.15, -0.1) is 10.2 Å². The van der Waals surface area contributed by atoms with Crippen LogP contribution in [0.15, 0.2) is 81.2 Å². The summed E-state index contributed by atoms with van der Waals surface area (Å²) in [6.07, 6.45) is 1.72. The van der Waals surface area contributed by atoms with Crippen LogP contribution in [0, 0.1) is 6.92 Å². The Balaban J connectivity index is 1.50. The minimum Gasteiger partial charge on any atom is -0.505 e. The van der Waals surface area contributed by atoms with Crippen LogP contribution >= 0.6 is 39.0 Å². The molecule has 2 N–H and O–H groups in total. The third kappa shape index (κ3) is 4.82. The van der Waals surface area contributed by atoms with Crippen LogP contribution in [-0.2, 0) is 15.3 Å². The van der Waals surface area contributed by atoms with E-state index in [-0.39, 0.29) is 38.1 Å². The van der Waals surface area contributed by atoms with Gasteiger partial charge in [-0.05, 0) is 58.2 Å². The fourth-order valence-corrected chi connectivity index (χ4v) is 7.14. The molecule has 1 unspecified atom stereocenters. The molecule has 2 aromatic carbocycles. The van der Waals surface area contributed by atoms with Crippen molar-refractivity contribution < 1.29 is 24.5 Å². The number of phenolic OH excluding ortho intramolecular Hbond substituents is 1. The molecule has 1 fully saturated rings. The van der Waals surface area contributed by atoms with Crippen molar-refractivity contribution in [1.29, 1.82) is 0 Å². The molecule has 0 spiro atoms. The number of aromatic nitrogens is 4. The molecule has 0 radical (unpaired) electrons. The van der Waals surface area contributed by atoms with Crippen LogP contribution in [0.4, 0.5) is 5.13 Å². The Morgan fingerprint density at radius 1 is 1.12 bits per heavy atom. The molecule has 4 heterocycles. The first-order valence-corrected chi connectivity index (χ1v) is 15.2. The van der Waals surface area contributed by atoms with E-state index in [1.54, 1.807) is 35.7 Å². The lowest BCUT2D eigenvalue weighted by atomic mass is 9.96. The monoisotopic (exact) mass is 663 g/mol. The van der Waals surface area contributed by atoms with Gasteiger partial charge in [0.25, 0.3) is 5.78 Å². The first kappa shape index (κ1) is 27.9. The number of amides is 1. The number of carbonyl (C=O) groups is 2. The predicted octanol–water partition coefficient (Wildman–Crippen LogP) is 5.89. The van der Waals surface area contributed by atoms with Crippen LogP contribution in [0.5, 0.6) is 11.5 Å². The molecule has 10 nitrogen and oxygen atoms in total. The van der Waals surface area contributed by atoms with Crippen LogP contribution in [0.25, 0.3) is 11.4 Å². The number of carbonyl (C=O) groups excluding carboxylic acids is 2. The lowest BCUT2D eigenvalue weighted by Crippen LogP contribution is -2.29. The van der Waals surface area contributed by atoms with Gasteiger partial charge < -0.3 is 14.9 Å². The van der Waals surface area contributed by atoms with E-state index in [0.29, 0.717) is 27.0 Å². The quantitative estimate of drug-likeness (QED) is 0.0720. The summed E-state index contributed by atoms with van der Waals surface area (Å²) in [5.41, 5.74) is 2.68. The molecular formula is C29H22BrN5O5S2. The molecule has 1 saturated heterocycles. The number of pyridine rings is 1. The Hall–Kier alpha value is -4.20. The number of imidazole rings is 1. The van der Waals surface area contributed by atoms with E-state index in [1.165, 1.54) is 41.2 Å². The van der Waals surface area contributed by atoms with Gasteiger partial charge in [0.15, 0.2) is 21.6 Å². The number of aliphatic hydroxyl groups is 1. The Bertz CT molecular complexity index is 1890. The number of aryl methyl sites for hydroxylation is 1. The van der Waals surface area contributed by atoms with Gasteiger partial charge in [0.2, 0.25) is 5.13 Å². The number of rotatable bonds is 7. The summed E-state index contributed by atoms with van der Waals surface area (Å²) in [5.74, 6) is -1.53. The van der Waals surface area contributed by atoms with Crippen molar-refractivity contribution in [1.82, 2.24) is 19.6 Å². The smallest absolute Gasteiger partial charge is 0.301 e. The highest BCUT2D eigenvalue weighted by Gasteiger charge is 2.49. The summed E-state index contributed by atoms with van der Waals surface area (Å²) in [6.45, 7) is 1.72. The summed E-state index contributed by atoms with van der Waals surface area (Å²) in [6, 6.07) is 17.2. The molecule has 0 saturated carbocycles. The van der Waals surface area contributed by atoms with Gasteiger partial charge in [0.1, 0.15) is 11.3 Å². The minimum atomic E-state index is -1.11. The second-order valence-corrected chi connectivity index (χ2v) is 12.4. The largest absolute Gasteiger partial charge is 0.505 e. The molecule has 13 heteroatoms. The van der Waals surface area contributed by atoms with Crippen molar-refractivity contribution in [2.75, 3.05) is 12.0 Å². The van der Waals surface area contributed by atoms with Gasteiger partial charge >= 0.3 is 5.91 Å². The van der Waals surface area contributed by atoms with Gasteiger partial charge in [-0.25, -0.2) is 4.98 Å². The number of anilines is 1. The molecule has 0 bridgehead atoms. The summed E-state index contributed by atoms with van der Waals surface area (Å²) in [7, 11) is 1.39. The van der Waals surface area contributed by atoms with Crippen molar-refractivity contribution in [3.05, 3.63) is 99.4 Å². The summed E-state index contributed by atoms with van der Waals surface area (Å²) in [5, 5.41) is 30.9. The first-order valence-electron chi connectivity index (χ1n) is 12.6. The van der Waals surface area contributed by atoms with Crippen LogP contribution in [0.2, 0.25) is 0 Å². The molecule has 212 valence electrons. The highest BCUT2D eigenvalue weighted by Crippen LogP contribution is 2.47. The maximum atomic E-state index is 13.7. The number of fused-ring (bicyclic) bond motifs is 1. The van der Waals surface area contributed by atoms with Gasteiger partial charge in [-0.2, -0.15) is 0 Å². The Morgan fingerprint density at radius 3 is 2.64 bits per heavy atom. The fourth-order valence-electron chi connectivity index (χ4n) is 4.86. The zero-order chi connectivity index (χ0) is 29.5. The summed E-state index contributed by atoms with van der Waals surface area (Å²) >= 11 is 5.97. The van der Waals surface area contributed by atoms with E-state index < -0.39 is 17.7 Å². The zero-order valence-corrected chi connectivity index (χ0v) is 25.4. The molecule has 1 aliphatic heterocycles. The molecule has 1 amide bonds. The van der Waals surface area contributed by atoms with E-state index in [1.807, 2.05) is 36.4 Å². The number of thioether (sulfide) groups is 1. The maximum Gasteiger partial charge on any atom is 0.301 e. The average molecular weight is 665 g/mol. The van der Waals surface area contributed by atoms with Crippen molar-refractivity contribution in [2.24, 2.45) is 0 Å². The molecule has 42 heavy (non-hydrogen) atoms. The Labute approximate surface area is 256 Å². The number of ketones is 1. The summed E-state index contributed by atoms with van der Waals surface area (Å²) in [4.78, 5) is 33.1. The third-order valence-electron chi connectivity index (χ3n) is 6.77. The molecular weight excluding hydrogens is 642 g/mol. The lowest BCUT2D eigenvalue weighted by Gasteiger charge is -2.23. The number of aromatic hydroxyl groups is 1. The van der Waals surface area contributed by atoms with E-state index in [9.17, 15) is 19.8 Å². The molecule has 0 aliphatic carbocycles. The maximum absolute atomic E-state index is 13.7. The standard InChI is InChI=1S/C29H22BrN5O5S2/c1-15-22(34-11-7-6-10-20(34)31-15)25(37)21-23(17-12-18(30)24(36)19(13-17)40-2)35(27(39)26(21)38)28-32-33-29(42-28)41-14-16-8-4-3-5-9-16/h3-13,23,36-37H,14H2,1-2H3/b25-21+. The lowest BCUT2D eigenvalue weighted by molar-refractivity contribution is -0.132. The van der Waals surface area contributed by atoms with Gasteiger partial charge in [0, 0.05) is 11.9 Å². The number of aliphatic hydroxyl groups excluding tert-OH is 1. The normalized spacial score (nSPS) is 16.5. The molecule has 1 atom stereocenters.